The van der Waals surface area contributed by atoms with E-state index in [9.17, 15) is 0 Å². The van der Waals surface area contributed by atoms with Gasteiger partial charge in [-0.15, -0.1) is 26.3 Å². The van der Waals surface area contributed by atoms with Crippen molar-refractivity contribution < 1.29 is 43.2 Å². The molecule has 2 aliphatic rings. The summed E-state index contributed by atoms with van der Waals surface area (Å²) in [5.41, 5.74) is -1.14. The number of ether oxygens (including phenoxy) is 5. The lowest BCUT2D eigenvalue weighted by atomic mass is 9.93. The predicted octanol–water partition coefficient (Wildman–Crippen LogP) is 2.28. The Bertz CT molecular complexity index is 450. The Balaban J connectivity index is 0.00000158. The zero-order valence-electron chi connectivity index (χ0n) is 16.3. The summed E-state index contributed by atoms with van der Waals surface area (Å²) in [5.74, 6) is 0.680. The molecule has 9 heteroatoms. The number of hydrogen-bond donors (Lipinski definition) is 0. The van der Waals surface area contributed by atoms with Crippen molar-refractivity contribution in [1.29, 1.82) is 0 Å². The molecule has 2 atom stereocenters. The SMILES string of the molecule is C=C.C=C.COCC1(C2OCCOOC=C2OC)OCCOOC=C1OC. The molecule has 0 aliphatic carbocycles. The van der Waals surface area contributed by atoms with E-state index in [0.717, 1.165) is 0 Å². The molecule has 2 heterocycles. The third-order valence-electron chi connectivity index (χ3n) is 3.35. The second kappa shape index (κ2) is 15.1. The first kappa shape index (κ1) is 25.0. The third kappa shape index (κ3) is 6.89. The number of rotatable bonds is 5. The Hall–Kier alpha value is -2.04. The topological polar surface area (TPSA) is 83.1 Å². The van der Waals surface area contributed by atoms with E-state index in [1.165, 1.54) is 26.7 Å². The van der Waals surface area contributed by atoms with E-state index in [1.54, 1.807) is 7.11 Å². The van der Waals surface area contributed by atoms with E-state index >= 15 is 0 Å². The van der Waals surface area contributed by atoms with Gasteiger partial charge < -0.3 is 33.5 Å². The van der Waals surface area contributed by atoms with E-state index < -0.39 is 11.7 Å². The van der Waals surface area contributed by atoms with Gasteiger partial charge in [-0.1, -0.05) is 0 Å². The van der Waals surface area contributed by atoms with Gasteiger partial charge in [0.15, 0.2) is 35.7 Å². The first-order valence-electron chi connectivity index (χ1n) is 8.08. The molecule has 0 aromatic heterocycles. The molecule has 0 saturated carbocycles. The van der Waals surface area contributed by atoms with Crippen LogP contribution in [0.5, 0.6) is 0 Å². The van der Waals surface area contributed by atoms with Gasteiger partial charge in [-0.25, -0.2) is 0 Å². The van der Waals surface area contributed by atoms with Crippen LogP contribution in [0.15, 0.2) is 50.4 Å². The largest absolute Gasteiger partial charge is 0.495 e. The molecular weight excluding hydrogens is 360 g/mol. The maximum absolute atomic E-state index is 6.02. The third-order valence-corrected chi connectivity index (χ3v) is 3.35. The maximum atomic E-state index is 6.02. The van der Waals surface area contributed by atoms with Crippen molar-refractivity contribution in [2.45, 2.75) is 11.7 Å². The van der Waals surface area contributed by atoms with Crippen molar-refractivity contribution in [3.63, 3.8) is 0 Å². The van der Waals surface area contributed by atoms with Gasteiger partial charge in [0.25, 0.3) is 0 Å². The van der Waals surface area contributed by atoms with Crippen LogP contribution in [0.25, 0.3) is 0 Å². The highest BCUT2D eigenvalue weighted by Gasteiger charge is 2.50. The molecule has 0 aromatic carbocycles. The quantitative estimate of drug-likeness (QED) is 0.518. The molecule has 0 amide bonds. The van der Waals surface area contributed by atoms with Gasteiger partial charge in [0, 0.05) is 7.11 Å². The van der Waals surface area contributed by atoms with Crippen LogP contribution < -0.4 is 0 Å². The predicted molar refractivity (Wildman–Crippen MR) is 97.1 cm³/mol. The second-order valence-electron chi connectivity index (χ2n) is 4.67. The minimum Gasteiger partial charge on any atom is -0.495 e. The highest BCUT2D eigenvalue weighted by molar-refractivity contribution is 5.21. The number of hydrogen-bond acceptors (Lipinski definition) is 9. The Morgan fingerprint density at radius 3 is 2.15 bits per heavy atom. The molecule has 0 spiro atoms. The van der Waals surface area contributed by atoms with Gasteiger partial charge in [0.1, 0.15) is 13.2 Å². The van der Waals surface area contributed by atoms with E-state index in [0.29, 0.717) is 11.5 Å². The molecule has 2 unspecified atom stereocenters. The lowest BCUT2D eigenvalue weighted by Crippen LogP contribution is -2.54. The molecule has 0 radical (unpaired) electrons. The minimum absolute atomic E-state index is 0.127. The molecule has 2 rings (SSSR count). The van der Waals surface area contributed by atoms with Gasteiger partial charge in [0.05, 0.1) is 34.0 Å². The van der Waals surface area contributed by atoms with Crippen LogP contribution in [-0.2, 0) is 43.2 Å². The normalized spacial score (nSPS) is 25.4. The van der Waals surface area contributed by atoms with Crippen LogP contribution in [0.3, 0.4) is 0 Å². The first-order valence-corrected chi connectivity index (χ1v) is 8.08. The molecular formula is C18H30O9. The van der Waals surface area contributed by atoms with E-state index in [-0.39, 0.29) is 33.0 Å². The molecule has 2 aliphatic heterocycles. The summed E-state index contributed by atoms with van der Waals surface area (Å²) in [6, 6.07) is 0. The molecule has 0 N–H and O–H groups in total. The standard InChI is InChI=1S/C14H22O9.2C2H4/c1-15-10-14(12(17-3)9-23-21-7-5-19-14)13-11(16-2)8-22-20-6-4-18-13;2*1-2/h8-9,13H,4-7,10H2,1-3H3;2*1-2H2. The Kier molecular flexibility index (Phi) is 13.9. The molecule has 0 saturated heterocycles. The van der Waals surface area contributed by atoms with Crippen LogP contribution in [-0.4, -0.2) is 66.1 Å². The smallest absolute Gasteiger partial charge is 0.185 e. The monoisotopic (exact) mass is 390 g/mol. The van der Waals surface area contributed by atoms with E-state index in [2.05, 4.69) is 26.3 Å². The van der Waals surface area contributed by atoms with Gasteiger partial charge in [-0.2, -0.15) is 9.78 Å². The van der Waals surface area contributed by atoms with Crippen LogP contribution in [0.4, 0.5) is 0 Å². The van der Waals surface area contributed by atoms with Crippen molar-refractivity contribution in [3.05, 3.63) is 50.4 Å². The van der Waals surface area contributed by atoms with E-state index in [4.69, 9.17) is 43.2 Å². The molecule has 0 fully saturated rings. The van der Waals surface area contributed by atoms with Crippen molar-refractivity contribution in [2.24, 2.45) is 0 Å². The Labute approximate surface area is 160 Å². The van der Waals surface area contributed by atoms with Crippen molar-refractivity contribution in [3.8, 4) is 0 Å². The number of methoxy groups -OCH3 is 3. The molecule has 9 nitrogen and oxygen atoms in total. The van der Waals surface area contributed by atoms with Crippen molar-refractivity contribution in [2.75, 3.05) is 54.4 Å². The summed E-state index contributed by atoms with van der Waals surface area (Å²) in [6.45, 7) is 13.1. The van der Waals surface area contributed by atoms with Crippen molar-refractivity contribution >= 4 is 0 Å². The van der Waals surface area contributed by atoms with Crippen LogP contribution in [0.1, 0.15) is 0 Å². The zero-order valence-corrected chi connectivity index (χ0v) is 16.3. The Morgan fingerprint density at radius 1 is 0.926 bits per heavy atom. The van der Waals surface area contributed by atoms with Gasteiger partial charge in [0.2, 0.25) is 0 Å². The maximum Gasteiger partial charge on any atom is 0.185 e. The lowest BCUT2D eigenvalue weighted by molar-refractivity contribution is -0.290. The summed E-state index contributed by atoms with van der Waals surface area (Å²) in [7, 11) is 4.53. The summed E-state index contributed by atoms with van der Waals surface area (Å²) >= 11 is 0. The fourth-order valence-electron chi connectivity index (χ4n) is 2.38. The van der Waals surface area contributed by atoms with Crippen LogP contribution >= 0.6 is 0 Å². The minimum atomic E-state index is -1.14. The van der Waals surface area contributed by atoms with Gasteiger partial charge >= 0.3 is 0 Å². The van der Waals surface area contributed by atoms with Crippen LogP contribution in [0.2, 0.25) is 0 Å². The average molecular weight is 390 g/mol. The average Bonchev–Trinajstić information content (AvgIpc) is 2.68. The molecule has 27 heavy (non-hydrogen) atoms. The van der Waals surface area contributed by atoms with E-state index in [1.807, 2.05) is 0 Å². The van der Waals surface area contributed by atoms with Crippen molar-refractivity contribution in [1.82, 2.24) is 0 Å². The summed E-state index contributed by atoms with van der Waals surface area (Å²) in [6.07, 6.45) is 1.92. The Morgan fingerprint density at radius 2 is 1.56 bits per heavy atom. The second-order valence-corrected chi connectivity index (χ2v) is 4.67. The fourth-order valence-corrected chi connectivity index (χ4v) is 2.38. The van der Waals surface area contributed by atoms with Gasteiger partial charge in [-0.05, 0) is 0 Å². The molecule has 0 bridgehead atoms. The highest BCUT2D eigenvalue weighted by atomic mass is 17.2. The lowest BCUT2D eigenvalue weighted by Gasteiger charge is -2.41. The highest BCUT2D eigenvalue weighted by Crippen LogP contribution is 2.35. The fraction of sp³-hybridized carbons (Fsp3) is 0.556. The molecule has 0 aromatic rings. The summed E-state index contributed by atoms with van der Waals surface area (Å²) in [5, 5.41) is 0. The molecule has 156 valence electrons. The first-order chi connectivity index (χ1) is 13.3. The summed E-state index contributed by atoms with van der Waals surface area (Å²) < 4.78 is 28.1. The van der Waals surface area contributed by atoms with Gasteiger partial charge in [-0.3, -0.25) is 0 Å². The van der Waals surface area contributed by atoms with Crippen LogP contribution in [0, 0.1) is 0 Å². The summed E-state index contributed by atoms with van der Waals surface area (Å²) in [4.78, 5) is 19.8. The zero-order chi connectivity index (χ0) is 20.5.